The van der Waals surface area contributed by atoms with Crippen molar-refractivity contribution >= 4 is 11.5 Å². The second kappa shape index (κ2) is 8.20. The standard InChI is InChI=1S/C22H22N4O3/c1-15-4-3-5-16(12-23)21(15)22-28-13-20(29-22)26(19-10-11-24-14-25-19)17-6-8-18(27-2)9-7-17/h3-11,13-14,22H,12,23H2,1-2H3. The average Bonchev–Trinajstić information content (AvgIpc) is 3.24. The van der Waals surface area contributed by atoms with E-state index in [0.717, 1.165) is 28.1 Å². The van der Waals surface area contributed by atoms with Gasteiger partial charge in [-0.05, 0) is 48.4 Å². The predicted molar refractivity (Wildman–Crippen MR) is 109 cm³/mol. The third-order valence-corrected chi connectivity index (χ3v) is 4.74. The van der Waals surface area contributed by atoms with Gasteiger partial charge in [-0.1, -0.05) is 18.2 Å². The molecule has 0 fully saturated rings. The number of ether oxygens (including phenoxy) is 3. The summed E-state index contributed by atoms with van der Waals surface area (Å²) in [6.07, 6.45) is 4.20. The van der Waals surface area contributed by atoms with Gasteiger partial charge in [0.25, 0.3) is 6.29 Å². The molecule has 1 atom stereocenters. The maximum absolute atomic E-state index is 6.22. The minimum absolute atomic E-state index is 0.406. The van der Waals surface area contributed by atoms with E-state index >= 15 is 0 Å². The first-order valence-electron chi connectivity index (χ1n) is 9.22. The molecule has 7 heteroatoms. The summed E-state index contributed by atoms with van der Waals surface area (Å²) in [5.41, 5.74) is 9.77. The Morgan fingerprint density at radius 1 is 1.14 bits per heavy atom. The van der Waals surface area contributed by atoms with Crippen molar-refractivity contribution in [2.75, 3.05) is 12.0 Å². The summed E-state index contributed by atoms with van der Waals surface area (Å²) in [6, 6.07) is 15.4. The Morgan fingerprint density at radius 3 is 2.66 bits per heavy atom. The van der Waals surface area contributed by atoms with E-state index < -0.39 is 6.29 Å². The van der Waals surface area contributed by atoms with Gasteiger partial charge in [-0.15, -0.1) is 0 Å². The summed E-state index contributed by atoms with van der Waals surface area (Å²) in [6.45, 7) is 2.43. The molecule has 4 rings (SSSR count). The topological polar surface area (TPSA) is 82.7 Å². The minimum atomic E-state index is -0.577. The van der Waals surface area contributed by atoms with Gasteiger partial charge < -0.3 is 19.9 Å². The Hall–Kier alpha value is -3.58. The quantitative estimate of drug-likeness (QED) is 0.683. The number of hydrogen-bond donors (Lipinski definition) is 1. The molecular formula is C22H22N4O3. The molecule has 0 aliphatic carbocycles. The molecule has 0 saturated heterocycles. The molecule has 1 aliphatic heterocycles. The van der Waals surface area contributed by atoms with Crippen molar-refractivity contribution in [1.29, 1.82) is 0 Å². The Kier molecular flexibility index (Phi) is 5.31. The van der Waals surface area contributed by atoms with Gasteiger partial charge in [-0.3, -0.25) is 4.90 Å². The zero-order valence-corrected chi connectivity index (χ0v) is 16.3. The number of nitrogens with zero attached hydrogens (tertiary/aromatic N) is 3. The number of anilines is 2. The van der Waals surface area contributed by atoms with Gasteiger partial charge in [0.2, 0.25) is 5.88 Å². The van der Waals surface area contributed by atoms with Crippen LogP contribution in [0, 0.1) is 6.92 Å². The first kappa shape index (κ1) is 18.8. The maximum Gasteiger partial charge on any atom is 0.269 e. The number of rotatable bonds is 6. The van der Waals surface area contributed by atoms with Crippen LogP contribution in [0.5, 0.6) is 5.75 Å². The van der Waals surface area contributed by atoms with Gasteiger partial charge in [-0.2, -0.15) is 0 Å². The van der Waals surface area contributed by atoms with Crippen LogP contribution in [0.15, 0.2) is 73.2 Å². The lowest BCUT2D eigenvalue weighted by Gasteiger charge is -2.25. The third kappa shape index (κ3) is 3.72. The number of aryl methyl sites for hydroxylation is 1. The van der Waals surface area contributed by atoms with Crippen molar-refractivity contribution < 1.29 is 14.2 Å². The molecule has 0 amide bonds. The summed E-state index contributed by atoms with van der Waals surface area (Å²) in [5.74, 6) is 1.94. The van der Waals surface area contributed by atoms with Crippen LogP contribution in [-0.2, 0) is 16.0 Å². The largest absolute Gasteiger partial charge is 0.497 e. The van der Waals surface area contributed by atoms with E-state index in [4.69, 9.17) is 19.9 Å². The van der Waals surface area contributed by atoms with Crippen LogP contribution >= 0.6 is 0 Å². The van der Waals surface area contributed by atoms with E-state index in [-0.39, 0.29) is 0 Å². The number of hydrogen-bond acceptors (Lipinski definition) is 7. The van der Waals surface area contributed by atoms with Gasteiger partial charge in [0.1, 0.15) is 24.2 Å². The first-order valence-corrected chi connectivity index (χ1v) is 9.22. The van der Waals surface area contributed by atoms with Crippen molar-refractivity contribution in [1.82, 2.24) is 9.97 Å². The maximum atomic E-state index is 6.22. The minimum Gasteiger partial charge on any atom is -0.497 e. The number of nitrogens with two attached hydrogens (primary N) is 1. The van der Waals surface area contributed by atoms with Crippen molar-refractivity contribution in [3.63, 3.8) is 0 Å². The van der Waals surface area contributed by atoms with Gasteiger partial charge in [-0.25, -0.2) is 9.97 Å². The summed E-state index contributed by atoms with van der Waals surface area (Å²) in [5, 5.41) is 0. The average molecular weight is 390 g/mol. The van der Waals surface area contributed by atoms with E-state index in [2.05, 4.69) is 9.97 Å². The van der Waals surface area contributed by atoms with E-state index in [9.17, 15) is 0 Å². The SMILES string of the molecule is COc1ccc(N(C2=COC(c3c(C)cccc3CN)O2)c2ccncn2)cc1. The fraction of sp³-hybridized carbons (Fsp3) is 0.182. The highest BCUT2D eigenvalue weighted by molar-refractivity contribution is 5.65. The van der Waals surface area contributed by atoms with Gasteiger partial charge in [0.05, 0.1) is 12.8 Å². The van der Waals surface area contributed by atoms with Gasteiger partial charge >= 0.3 is 0 Å². The smallest absolute Gasteiger partial charge is 0.269 e. The predicted octanol–water partition coefficient (Wildman–Crippen LogP) is 3.93. The van der Waals surface area contributed by atoms with Crippen molar-refractivity contribution in [2.45, 2.75) is 19.8 Å². The molecule has 2 heterocycles. The molecule has 1 aliphatic rings. The van der Waals surface area contributed by atoms with Crippen LogP contribution in [-0.4, -0.2) is 17.1 Å². The number of aromatic nitrogens is 2. The lowest BCUT2D eigenvalue weighted by molar-refractivity contribution is -0.0352. The van der Waals surface area contributed by atoms with E-state index in [0.29, 0.717) is 18.2 Å². The van der Waals surface area contributed by atoms with Crippen LogP contribution in [0.2, 0.25) is 0 Å². The Balaban J connectivity index is 1.68. The fourth-order valence-electron chi connectivity index (χ4n) is 3.29. The van der Waals surface area contributed by atoms with Crippen molar-refractivity contribution in [3.8, 4) is 5.75 Å². The van der Waals surface area contributed by atoms with Crippen LogP contribution in [0.25, 0.3) is 0 Å². The molecule has 0 spiro atoms. The first-order chi connectivity index (χ1) is 14.2. The molecular weight excluding hydrogens is 368 g/mol. The molecule has 29 heavy (non-hydrogen) atoms. The van der Waals surface area contributed by atoms with E-state index in [1.54, 1.807) is 25.6 Å². The highest BCUT2D eigenvalue weighted by Crippen LogP contribution is 2.38. The summed E-state index contributed by atoms with van der Waals surface area (Å²) in [7, 11) is 1.63. The lowest BCUT2D eigenvalue weighted by atomic mass is 10.0. The molecule has 2 aromatic carbocycles. The highest BCUT2D eigenvalue weighted by atomic mass is 16.7. The Bertz CT molecular complexity index is 1010. The van der Waals surface area contributed by atoms with Gasteiger partial charge in [0, 0.05) is 18.3 Å². The van der Waals surface area contributed by atoms with Crippen LogP contribution in [0.1, 0.15) is 23.0 Å². The van der Waals surface area contributed by atoms with Crippen LogP contribution in [0.3, 0.4) is 0 Å². The zero-order chi connectivity index (χ0) is 20.2. The molecule has 0 radical (unpaired) electrons. The molecule has 0 saturated carbocycles. The monoisotopic (exact) mass is 390 g/mol. The van der Waals surface area contributed by atoms with Crippen LogP contribution < -0.4 is 15.4 Å². The molecule has 1 unspecified atom stereocenters. The van der Waals surface area contributed by atoms with E-state index in [1.165, 1.54) is 6.33 Å². The van der Waals surface area contributed by atoms with E-state index in [1.807, 2.05) is 54.3 Å². The van der Waals surface area contributed by atoms with Crippen LogP contribution in [0.4, 0.5) is 11.5 Å². The molecule has 2 N–H and O–H groups in total. The third-order valence-electron chi connectivity index (χ3n) is 4.74. The highest BCUT2D eigenvalue weighted by Gasteiger charge is 2.30. The number of benzene rings is 2. The second-order valence-electron chi connectivity index (χ2n) is 6.49. The summed E-state index contributed by atoms with van der Waals surface area (Å²) in [4.78, 5) is 10.3. The normalized spacial score (nSPS) is 15.3. The second-order valence-corrected chi connectivity index (χ2v) is 6.49. The molecule has 3 aromatic rings. The van der Waals surface area contributed by atoms with Crippen molar-refractivity contribution in [2.24, 2.45) is 5.73 Å². The Morgan fingerprint density at radius 2 is 1.97 bits per heavy atom. The zero-order valence-electron chi connectivity index (χ0n) is 16.3. The molecule has 1 aromatic heterocycles. The Labute approximate surface area is 169 Å². The summed E-state index contributed by atoms with van der Waals surface area (Å²) >= 11 is 0. The fourth-order valence-corrected chi connectivity index (χ4v) is 3.29. The molecule has 7 nitrogen and oxygen atoms in total. The lowest BCUT2D eigenvalue weighted by Crippen LogP contribution is -2.19. The molecule has 148 valence electrons. The van der Waals surface area contributed by atoms with Gasteiger partial charge in [0.15, 0.2) is 0 Å². The number of methoxy groups -OCH3 is 1. The van der Waals surface area contributed by atoms with Crippen molar-refractivity contribution in [3.05, 3.63) is 89.9 Å². The summed E-state index contributed by atoms with van der Waals surface area (Å²) < 4.78 is 17.4. The molecule has 0 bridgehead atoms.